The maximum absolute atomic E-state index is 11.8. The lowest BCUT2D eigenvalue weighted by molar-refractivity contribution is -0.143. The lowest BCUT2D eigenvalue weighted by atomic mass is 10.2. The SMILES string of the molecule is CC(NC(=O)c1ccccc1)C(=O)N[C@H](CO)C(=O)O. The highest BCUT2D eigenvalue weighted by atomic mass is 16.4. The molecule has 0 spiro atoms. The number of hydrogen-bond acceptors (Lipinski definition) is 4. The Labute approximate surface area is 115 Å². The summed E-state index contributed by atoms with van der Waals surface area (Å²) >= 11 is 0. The normalized spacial score (nSPS) is 13.1. The van der Waals surface area contributed by atoms with E-state index in [4.69, 9.17) is 10.2 Å². The van der Waals surface area contributed by atoms with Gasteiger partial charge in [0.25, 0.3) is 5.91 Å². The Hall–Kier alpha value is -2.41. The molecule has 0 aliphatic rings. The molecule has 0 aliphatic carbocycles. The van der Waals surface area contributed by atoms with Gasteiger partial charge in [-0.15, -0.1) is 0 Å². The van der Waals surface area contributed by atoms with E-state index in [9.17, 15) is 14.4 Å². The van der Waals surface area contributed by atoms with Gasteiger partial charge in [0.05, 0.1) is 6.61 Å². The molecule has 0 radical (unpaired) electrons. The van der Waals surface area contributed by atoms with E-state index in [1.807, 2.05) is 0 Å². The predicted molar refractivity (Wildman–Crippen MR) is 70.0 cm³/mol. The summed E-state index contributed by atoms with van der Waals surface area (Å²) in [5.74, 6) is -2.47. The van der Waals surface area contributed by atoms with Crippen LogP contribution >= 0.6 is 0 Å². The van der Waals surface area contributed by atoms with E-state index in [0.717, 1.165) is 0 Å². The van der Waals surface area contributed by atoms with Crippen LogP contribution in [0.5, 0.6) is 0 Å². The number of aliphatic hydroxyl groups excluding tert-OH is 1. The Morgan fingerprint density at radius 2 is 1.75 bits per heavy atom. The molecule has 2 amide bonds. The number of carbonyl (C=O) groups excluding carboxylic acids is 2. The Balaban J connectivity index is 2.58. The summed E-state index contributed by atoms with van der Waals surface area (Å²) in [5.41, 5.74) is 0.393. The monoisotopic (exact) mass is 280 g/mol. The van der Waals surface area contributed by atoms with Gasteiger partial charge in [0.2, 0.25) is 5.91 Å². The zero-order chi connectivity index (χ0) is 15.1. The van der Waals surface area contributed by atoms with Crippen molar-refractivity contribution >= 4 is 17.8 Å². The molecule has 4 N–H and O–H groups in total. The standard InChI is InChI=1S/C13H16N2O5/c1-8(11(17)15-10(7-16)13(19)20)14-12(18)9-5-3-2-4-6-9/h2-6,8,10,16H,7H2,1H3,(H,14,18)(H,15,17)(H,19,20)/t8?,10-/m1/s1. The van der Waals surface area contributed by atoms with Crippen LogP contribution in [0.2, 0.25) is 0 Å². The Morgan fingerprint density at radius 1 is 1.15 bits per heavy atom. The molecule has 7 heteroatoms. The molecule has 1 rings (SSSR count). The van der Waals surface area contributed by atoms with Crippen molar-refractivity contribution in [2.75, 3.05) is 6.61 Å². The van der Waals surface area contributed by atoms with E-state index in [-0.39, 0.29) is 0 Å². The van der Waals surface area contributed by atoms with Crippen LogP contribution in [0.3, 0.4) is 0 Å². The second kappa shape index (κ2) is 7.25. The first-order chi connectivity index (χ1) is 9.45. The number of carboxylic acid groups (broad SMARTS) is 1. The van der Waals surface area contributed by atoms with Crippen LogP contribution in [-0.4, -0.2) is 46.7 Å². The smallest absolute Gasteiger partial charge is 0.328 e. The van der Waals surface area contributed by atoms with Gasteiger partial charge < -0.3 is 20.8 Å². The maximum atomic E-state index is 11.8. The van der Waals surface area contributed by atoms with Crippen LogP contribution in [0.4, 0.5) is 0 Å². The predicted octanol–water partition coefficient (Wildman–Crippen LogP) is -0.633. The van der Waals surface area contributed by atoms with Gasteiger partial charge in [-0.05, 0) is 19.1 Å². The number of rotatable bonds is 6. The van der Waals surface area contributed by atoms with Crippen molar-refractivity contribution in [2.45, 2.75) is 19.0 Å². The van der Waals surface area contributed by atoms with Crippen LogP contribution in [-0.2, 0) is 9.59 Å². The van der Waals surface area contributed by atoms with Crippen LogP contribution in [0, 0.1) is 0 Å². The highest BCUT2D eigenvalue weighted by molar-refractivity contribution is 5.97. The molecule has 1 aromatic rings. The summed E-state index contributed by atoms with van der Waals surface area (Å²) < 4.78 is 0. The van der Waals surface area contributed by atoms with E-state index in [1.54, 1.807) is 30.3 Å². The van der Waals surface area contributed by atoms with Gasteiger partial charge in [-0.2, -0.15) is 0 Å². The van der Waals surface area contributed by atoms with E-state index in [0.29, 0.717) is 5.56 Å². The van der Waals surface area contributed by atoms with Crippen molar-refractivity contribution in [1.82, 2.24) is 10.6 Å². The summed E-state index contributed by atoms with van der Waals surface area (Å²) in [6.45, 7) is 0.701. The maximum Gasteiger partial charge on any atom is 0.328 e. The van der Waals surface area contributed by atoms with E-state index in [1.165, 1.54) is 6.92 Å². The van der Waals surface area contributed by atoms with Gasteiger partial charge in [-0.25, -0.2) is 4.79 Å². The van der Waals surface area contributed by atoms with Crippen molar-refractivity contribution < 1.29 is 24.6 Å². The molecule has 20 heavy (non-hydrogen) atoms. The average molecular weight is 280 g/mol. The molecule has 0 fully saturated rings. The number of hydrogen-bond donors (Lipinski definition) is 4. The zero-order valence-electron chi connectivity index (χ0n) is 10.9. The minimum atomic E-state index is -1.39. The highest BCUT2D eigenvalue weighted by Crippen LogP contribution is 1.99. The lowest BCUT2D eigenvalue weighted by Crippen LogP contribution is -2.51. The van der Waals surface area contributed by atoms with Gasteiger partial charge >= 0.3 is 5.97 Å². The van der Waals surface area contributed by atoms with Crippen LogP contribution < -0.4 is 10.6 Å². The fourth-order valence-corrected chi connectivity index (χ4v) is 1.42. The Kier molecular flexibility index (Phi) is 5.67. The first-order valence-electron chi connectivity index (χ1n) is 5.95. The largest absolute Gasteiger partial charge is 0.480 e. The molecule has 1 aromatic carbocycles. The summed E-state index contributed by atoms with van der Waals surface area (Å²) in [6, 6.07) is 6.00. The summed E-state index contributed by atoms with van der Waals surface area (Å²) in [6.07, 6.45) is 0. The molecule has 0 aromatic heterocycles. The molecule has 0 heterocycles. The first kappa shape index (κ1) is 15.6. The third kappa shape index (κ3) is 4.36. The summed E-state index contributed by atoms with van der Waals surface area (Å²) in [7, 11) is 0. The molecular formula is C13H16N2O5. The summed E-state index contributed by atoms with van der Waals surface area (Å²) in [4.78, 5) is 34.1. The van der Waals surface area contributed by atoms with Crippen LogP contribution in [0.1, 0.15) is 17.3 Å². The number of carboxylic acids is 1. The molecule has 0 saturated carbocycles. The topological polar surface area (TPSA) is 116 Å². The van der Waals surface area contributed by atoms with Crippen LogP contribution in [0.15, 0.2) is 30.3 Å². The van der Waals surface area contributed by atoms with Gasteiger partial charge in [-0.1, -0.05) is 18.2 Å². The fraction of sp³-hybridized carbons (Fsp3) is 0.308. The molecule has 0 aliphatic heterocycles. The van der Waals surface area contributed by atoms with Crippen molar-refractivity contribution in [3.05, 3.63) is 35.9 Å². The molecule has 2 atom stereocenters. The van der Waals surface area contributed by atoms with E-state index >= 15 is 0 Å². The second-order valence-electron chi connectivity index (χ2n) is 4.14. The molecule has 108 valence electrons. The Bertz CT molecular complexity index is 489. The number of amides is 2. The zero-order valence-corrected chi connectivity index (χ0v) is 10.9. The number of nitrogens with one attached hydrogen (secondary N) is 2. The summed E-state index contributed by atoms with van der Waals surface area (Å²) in [5, 5.41) is 22.1. The van der Waals surface area contributed by atoms with Gasteiger partial charge in [-0.3, -0.25) is 9.59 Å². The highest BCUT2D eigenvalue weighted by Gasteiger charge is 2.23. The molecular weight excluding hydrogens is 264 g/mol. The van der Waals surface area contributed by atoms with E-state index < -0.39 is 36.5 Å². The number of benzene rings is 1. The fourth-order valence-electron chi connectivity index (χ4n) is 1.42. The first-order valence-corrected chi connectivity index (χ1v) is 5.95. The quantitative estimate of drug-likeness (QED) is 0.553. The van der Waals surface area contributed by atoms with Crippen molar-refractivity contribution in [2.24, 2.45) is 0 Å². The van der Waals surface area contributed by atoms with Crippen LogP contribution in [0.25, 0.3) is 0 Å². The second-order valence-corrected chi connectivity index (χ2v) is 4.14. The number of aliphatic hydroxyl groups is 1. The molecule has 0 saturated heterocycles. The van der Waals surface area contributed by atoms with Gasteiger partial charge in [0.1, 0.15) is 12.1 Å². The number of carbonyl (C=O) groups is 3. The third-order valence-electron chi connectivity index (χ3n) is 2.57. The minimum absolute atomic E-state index is 0.393. The lowest BCUT2D eigenvalue weighted by Gasteiger charge is -2.17. The van der Waals surface area contributed by atoms with E-state index in [2.05, 4.69) is 10.6 Å². The van der Waals surface area contributed by atoms with Gasteiger partial charge in [0.15, 0.2) is 0 Å². The van der Waals surface area contributed by atoms with Gasteiger partial charge in [0, 0.05) is 5.56 Å². The van der Waals surface area contributed by atoms with Crippen molar-refractivity contribution in [3.63, 3.8) is 0 Å². The third-order valence-corrected chi connectivity index (χ3v) is 2.57. The molecule has 7 nitrogen and oxygen atoms in total. The molecule has 1 unspecified atom stereocenters. The average Bonchev–Trinajstić information content (AvgIpc) is 2.44. The number of aliphatic carboxylic acids is 1. The molecule has 0 bridgehead atoms. The minimum Gasteiger partial charge on any atom is -0.480 e. The van der Waals surface area contributed by atoms with Crippen molar-refractivity contribution in [1.29, 1.82) is 0 Å². The van der Waals surface area contributed by atoms with Crippen molar-refractivity contribution in [3.8, 4) is 0 Å². The Morgan fingerprint density at radius 3 is 2.25 bits per heavy atom.